The number of carbonyl (C=O) groups is 1. The minimum atomic E-state index is -0.730. The van der Waals surface area contributed by atoms with Crippen molar-refractivity contribution in [3.05, 3.63) is 71.3 Å². The molecule has 0 N–H and O–H groups in total. The van der Waals surface area contributed by atoms with Crippen LogP contribution >= 0.6 is 0 Å². The molecule has 3 heteroatoms. The van der Waals surface area contributed by atoms with E-state index in [0.717, 1.165) is 38.9 Å². The first kappa shape index (κ1) is 13.6. The second kappa shape index (κ2) is 4.38. The maximum Gasteiger partial charge on any atom is 0.245 e. The van der Waals surface area contributed by atoms with Crippen LogP contribution in [0.4, 0.5) is 5.69 Å². The van der Waals surface area contributed by atoms with Gasteiger partial charge < -0.3 is 9.64 Å². The second-order valence-corrected chi connectivity index (χ2v) is 6.74. The van der Waals surface area contributed by atoms with Crippen molar-refractivity contribution in [1.29, 1.82) is 0 Å². The Bertz CT molecular complexity index is 1020. The topological polar surface area (TPSA) is 29.5 Å². The molecule has 0 fully saturated rings. The second-order valence-electron chi connectivity index (χ2n) is 6.74. The molecule has 2 aliphatic rings. The largest absolute Gasteiger partial charge is 0.491 e. The van der Waals surface area contributed by atoms with E-state index >= 15 is 0 Å². The number of anilines is 1. The number of aryl methyl sites for hydroxylation is 1. The van der Waals surface area contributed by atoms with Gasteiger partial charge in [0.15, 0.2) is 0 Å². The normalized spacial score (nSPS) is 21.2. The van der Waals surface area contributed by atoms with Crippen LogP contribution in [0.5, 0.6) is 5.75 Å². The van der Waals surface area contributed by atoms with Crippen molar-refractivity contribution in [2.45, 2.75) is 12.3 Å². The number of fused-ring (bicyclic) bond motifs is 6. The molecule has 0 saturated heterocycles. The summed E-state index contributed by atoms with van der Waals surface area (Å²) in [6.07, 6.45) is 0. The van der Waals surface area contributed by atoms with Gasteiger partial charge in [-0.2, -0.15) is 0 Å². The molecule has 118 valence electrons. The summed E-state index contributed by atoms with van der Waals surface area (Å²) in [5.41, 5.74) is 3.48. The molecule has 5 rings (SSSR count). The average molecular weight is 315 g/mol. The summed E-state index contributed by atoms with van der Waals surface area (Å²) in [5.74, 6) is 0.919. The Kier molecular flexibility index (Phi) is 2.49. The predicted octanol–water partition coefficient (Wildman–Crippen LogP) is 3.80. The molecule has 3 aromatic carbocycles. The number of carbonyl (C=O) groups excluding carboxylic acids is 1. The molecule has 0 aromatic heterocycles. The minimum absolute atomic E-state index is 0.0956. The van der Waals surface area contributed by atoms with E-state index in [0.29, 0.717) is 6.61 Å². The van der Waals surface area contributed by atoms with Crippen LogP contribution in [0, 0.1) is 6.92 Å². The highest BCUT2D eigenvalue weighted by Crippen LogP contribution is 2.54. The molecule has 1 unspecified atom stereocenters. The minimum Gasteiger partial charge on any atom is -0.491 e. The molecule has 0 saturated carbocycles. The van der Waals surface area contributed by atoms with Gasteiger partial charge in [-0.15, -0.1) is 0 Å². The van der Waals surface area contributed by atoms with Gasteiger partial charge in [-0.3, -0.25) is 4.79 Å². The third-order valence-electron chi connectivity index (χ3n) is 5.40. The fraction of sp³-hybridized carbons (Fsp3) is 0.190. The summed E-state index contributed by atoms with van der Waals surface area (Å²) in [5, 5.41) is 2.24. The van der Waals surface area contributed by atoms with E-state index in [1.54, 1.807) is 4.90 Å². The van der Waals surface area contributed by atoms with Gasteiger partial charge in [-0.1, -0.05) is 48.0 Å². The molecule has 0 aliphatic carbocycles. The molecule has 2 aliphatic heterocycles. The third kappa shape index (κ3) is 1.45. The quantitative estimate of drug-likeness (QED) is 0.631. The zero-order chi connectivity index (χ0) is 16.5. The number of hydrogen-bond acceptors (Lipinski definition) is 2. The molecule has 0 radical (unpaired) electrons. The number of nitrogens with zero attached hydrogens (tertiary/aromatic N) is 1. The summed E-state index contributed by atoms with van der Waals surface area (Å²) in [6, 6.07) is 18.5. The lowest BCUT2D eigenvalue weighted by molar-refractivity contribution is -0.121. The number of ether oxygens (including phenoxy) is 1. The van der Waals surface area contributed by atoms with Crippen molar-refractivity contribution >= 4 is 22.4 Å². The van der Waals surface area contributed by atoms with Gasteiger partial charge in [0, 0.05) is 18.3 Å². The molecular weight excluding hydrogens is 298 g/mol. The first-order chi connectivity index (χ1) is 11.6. The Morgan fingerprint density at radius 1 is 1.08 bits per heavy atom. The van der Waals surface area contributed by atoms with Crippen molar-refractivity contribution in [1.82, 2.24) is 0 Å². The first-order valence-electron chi connectivity index (χ1n) is 8.17. The number of likely N-dealkylation sites (N-methyl/N-ethyl adjacent to an activating group) is 1. The Balaban J connectivity index is 1.92. The number of rotatable bonds is 0. The number of benzene rings is 3. The van der Waals surface area contributed by atoms with E-state index in [1.807, 2.05) is 31.3 Å². The van der Waals surface area contributed by atoms with Gasteiger partial charge in [-0.05, 0) is 35.4 Å². The zero-order valence-corrected chi connectivity index (χ0v) is 13.7. The highest BCUT2D eigenvalue weighted by molar-refractivity contribution is 6.13. The number of amides is 1. The summed E-state index contributed by atoms with van der Waals surface area (Å²) in [7, 11) is 1.86. The van der Waals surface area contributed by atoms with Crippen molar-refractivity contribution in [2.75, 3.05) is 18.6 Å². The molecule has 1 spiro atoms. The Morgan fingerprint density at radius 3 is 2.79 bits per heavy atom. The van der Waals surface area contributed by atoms with Gasteiger partial charge in [0.2, 0.25) is 5.91 Å². The summed E-state index contributed by atoms with van der Waals surface area (Å²) in [6.45, 7) is 2.44. The van der Waals surface area contributed by atoms with Crippen molar-refractivity contribution < 1.29 is 9.53 Å². The summed E-state index contributed by atoms with van der Waals surface area (Å²) >= 11 is 0. The lowest BCUT2D eigenvalue weighted by Gasteiger charge is -2.23. The average Bonchev–Trinajstić information content (AvgIpc) is 3.09. The van der Waals surface area contributed by atoms with E-state index in [2.05, 4.69) is 37.3 Å². The predicted molar refractivity (Wildman–Crippen MR) is 94.8 cm³/mol. The summed E-state index contributed by atoms with van der Waals surface area (Å²) in [4.78, 5) is 15.1. The molecule has 1 amide bonds. The Labute approximate surface area is 140 Å². The lowest BCUT2D eigenvalue weighted by atomic mass is 9.75. The molecule has 2 heterocycles. The molecule has 3 nitrogen and oxygen atoms in total. The SMILES string of the molecule is Cc1ccc2c(c1)C1(COc3ccc4ccccc4c31)C(=O)N2C. The molecule has 0 bridgehead atoms. The van der Waals surface area contributed by atoms with Gasteiger partial charge in [0.25, 0.3) is 0 Å². The highest BCUT2D eigenvalue weighted by Gasteiger charge is 2.56. The fourth-order valence-electron chi connectivity index (χ4n) is 4.25. The van der Waals surface area contributed by atoms with Crippen LogP contribution in [0.2, 0.25) is 0 Å². The molecule has 3 aromatic rings. The van der Waals surface area contributed by atoms with Gasteiger partial charge >= 0.3 is 0 Å². The van der Waals surface area contributed by atoms with E-state index in [1.165, 1.54) is 0 Å². The first-order valence-corrected chi connectivity index (χ1v) is 8.17. The van der Waals surface area contributed by atoms with Crippen molar-refractivity contribution in [2.24, 2.45) is 0 Å². The van der Waals surface area contributed by atoms with Gasteiger partial charge in [0.1, 0.15) is 17.8 Å². The molecule has 1 atom stereocenters. The van der Waals surface area contributed by atoms with Crippen LogP contribution in [0.25, 0.3) is 10.8 Å². The fourth-order valence-corrected chi connectivity index (χ4v) is 4.25. The molecule has 24 heavy (non-hydrogen) atoms. The van der Waals surface area contributed by atoms with Crippen LogP contribution in [0.15, 0.2) is 54.6 Å². The maximum atomic E-state index is 13.3. The van der Waals surface area contributed by atoms with E-state index < -0.39 is 5.41 Å². The van der Waals surface area contributed by atoms with Gasteiger partial charge in [-0.25, -0.2) is 0 Å². The Hall–Kier alpha value is -2.81. The smallest absolute Gasteiger partial charge is 0.245 e. The van der Waals surface area contributed by atoms with Gasteiger partial charge in [0.05, 0.1) is 0 Å². The van der Waals surface area contributed by atoms with Crippen LogP contribution in [-0.2, 0) is 10.2 Å². The van der Waals surface area contributed by atoms with E-state index in [4.69, 9.17) is 4.74 Å². The number of hydrogen-bond donors (Lipinski definition) is 0. The molecular formula is C21H17NO2. The third-order valence-corrected chi connectivity index (χ3v) is 5.40. The van der Waals surface area contributed by atoms with Crippen LogP contribution in [-0.4, -0.2) is 19.6 Å². The van der Waals surface area contributed by atoms with E-state index in [-0.39, 0.29) is 5.91 Å². The Morgan fingerprint density at radius 2 is 1.92 bits per heavy atom. The standard InChI is InChI=1S/C21H17NO2/c1-13-7-9-17-16(11-13)21(20(23)22(17)2)12-24-18-10-8-14-5-3-4-6-15(14)19(18)21/h3-11H,12H2,1-2H3. The monoisotopic (exact) mass is 315 g/mol. The summed E-state index contributed by atoms with van der Waals surface area (Å²) < 4.78 is 6.01. The maximum absolute atomic E-state index is 13.3. The van der Waals surface area contributed by atoms with Crippen molar-refractivity contribution in [3.63, 3.8) is 0 Å². The van der Waals surface area contributed by atoms with Crippen molar-refractivity contribution in [3.8, 4) is 5.75 Å². The zero-order valence-electron chi connectivity index (χ0n) is 13.7. The van der Waals surface area contributed by atoms with Crippen LogP contribution in [0.1, 0.15) is 16.7 Å². The van der Waals surface area contributed by atoms with Crippen LogP contribution < -0.4 is 9.64 Å². The van der Waals surface area contributed by atoms with E-state index in [9.17, 15) is 4.79 Å². The van der Waals surface area contributed by atoms with Crippen LogP contribution in [0.3, 0.4) is 0 Å². The lowest BCUT2D eigenvalue weighted by Crippen LogP contribution is -2.41. The highest BCUT2D eigenvalue weighted by atomic mass is 16.5.